The van der Waals surface area contributed by atoms with Gasteiger partial charge in [-0.3, -0.25) is 4.90 Å². The van der Waals surface area contributed by atoms with E-state index in [0.29, 0.717) is 24.6 Å². The third-order valence-corrected chi connectivity index (χ3v) is 8.52. The molecule has 1 aliphatic carbocycles. The summed E-state index contributed by atoms with van der Waals surface area (Å²) < 4.78 is 48.5. The van der Waals surface area contributed by atoms with Gasteiger partial charge in [-0.25, -0.2) is 12.8 Å². The molecule has 188 valence electrons. The lowest BCUT2D eigenvalue weighted by atomic mass is 10.0. The molecule has 2 aliphatic rings. The summed E-state index contributed by atoms with van der Waals surface area (Å²) in [7, 11) is -1.95. The molecule has 1 N–H and O–H groups in total. The molecule has 2 aromatic carbocycles. The van der Waals surface area contributed by atoms with Crippen LogP contribution in [0.4, 0.5) is 4.39 Å². The molecule has 1 saturated carbocycles. The Kier molecular flexibility index (Phi) is 7.82. The predicted octanol–water partition coefficient (Wildman–Crippen LogP) is 3.49. The summed E-state index contributed by atoms with van der Waals surface area (Å²) in [5.41, 5.74) is 1.56. The maximum Gasteiger partial charge on any atom is 0.247 e. The van der Waals surface area contributed by atoms with Crippen molar-refractivity contribution in [1.29, 1.82) is 0 Å². The number of fused-ring (bicyclic) bond motifs is 1. The Bertz CT molecular complexity index is 1220. The molecule has 0 unspecified atom stereocenters. The largest absolute Gasteiger partial charge is 0.487 e. The highest BCUT2D eigenvalue weighted by atomic mass is 32.2. The number of ether oxygens (including phenoxy) is 1. The van der Waals surface area contributed by atoms with Crippen LogP contribution in [0.1, 0.15) is 37.8 Å². The monoisotopic (exact) mass is 500 g/mol. The first-order chi connectivity index (χ1) is 16.7. The van der Waals surface area contributed by atoms with Gasteiger partial charge < -0.3 is 9.84 Å². The number of aliphatic hydroxyl groups excluding tert-OH is 1. The lowest BCUT2D eigenvalue weighted by molar-refractivity contribution is 0.0733. The molecule has 0 radical (unpaired) electrons. The minimum Gasteiger partial charge on any atom is -0.487 e. The van der Waals surface area contributed by atoms with Crippen molar-refractivity contribution < 1.29 is 22.7 Å². The van der Waals surface area contributed by atoms with Crippen LogP contribution in [-0.2, 0) is 16.6 Å². The van der Waals surface area contributed by atoms with E-state index in [1.807, 2.05) is 24.9 Å². The molecular weight excluding hydrogens is 467 g/mol. The number of hydrogen-bond acceptors (Lipinski definition) is 5. The molecule has 0 bridgehead atoms. The van der Waals surface area contributed by atoms with Crippen molar-refractivity contribution in [3.8, 4) is 17.6 Å². The van der Waals surface area contributed by atoms with E-state index in [4.69, 9.17) is 4.74 Å². The summed E-state index contributed by atoms with van der Waals surface area (Å²) in [5, 5.41) is 9.79. The van der Waals surface area contributed by atoms with Gasteiger partial charge in [-0.2, -0.15) is 4.31 Å². The molecule has 0 spiro atoms. The van der Waals surface area contributed by atoms with Gasteiger partial charge in [0.15, 0.2) is 0 Å². The van der Waals surface area contributed by atoms with Crippen molar-refractivity contribution in [1.82, 2.24) is 9.21 Å². The number of benzene rings is 2. The Morgan fingerprint density at radius 1 is 1.26 bits per heavy atom. The third-order valence-electron chi connectivity index (χ3n) is 6.50. The molecule has 4 rings (SSSR count). The average Bonchev–Trinajstić information content (AvgIpc) is 3.64. The third kappa shape index (κ3) is 6.22. The molecule has 8 heteroatoms. The van der Waals surface area contributed by atoms with Crippen LogP contribution in [0.5, 0.6) is 5.75 Å². The smallest absolute Gasteiger partial charge is 0.247 e. The second-order valence-electron chi connectivity index (χ2n) is 9.77. The van der Waals surface area contributed by atoms with E-state index in [1.54, 1.807) is 31.2 Å². The van der Waals surface area contributed by atoms with Crippen molar-refractivity contribution in [3.05, 3.63) is 59.4 Å². The molecular formula is C27H33FN2O4S. The maximum absolute atomic E-state index is 13.6. The van der Waals surface area contributed by atoms with E-state index >= 15 is 0 Å². The summed E-state index contributed by atoms with van der Waals surface area (Å²) in [5.74, 6) is 6.61. The summed E-state index contributed by atoms with van der Waals surface area (Å²) in [4.78, 5) is 2.13. The highest BCUT2D eigenvalue weighted by Gasteiger charge is 2.38. The van der Waals surface area contributed by atoms with Gasteiger partial charge in [0.05, 0.1) is 6.61 Å². The molecule has 2 aromatic rings. The molecule has 1 fully saturated rings. The van der Waals surface area contributed by atoms with Crippen LogP contribution in [0.3, 0.4) is 0 Å². The van der Waals surface area contributed by atoms with Crippen LogP contribution < -0.4 is 4.74 Å². The second-order valence-corrected chi connectivity index (χ2v) is 11.6. The summed E-state index contributed by atoms with van der Waals surface area (Å²) >= 11 is 0. The molecule has 0 saturated heterocycles. The zero-order valence-electron chi connectivity index (χ0n) is 20.4. The number of likely N-dealkylation sites (N-methyl/N-ethyl adjacent to an activating group) is 1. The predicted molar refractivity (Wildman–Crippen MR) is 133 cm³/mol. The van der Waals surface area contributed by atoms with Crippen LogP contribution in [0.25, 0.3) is 0 Å². The van der Waals surface area contributed by atoms with E-state index < -0.39 is 16.1 Å². The van der Waals surface area contributed by atoms with Gasteiger partial charge in [-0.05, 0) is 62.7 Å². The summed E-state index contributed by atoms with van der Waals surface area (Å²) in [6.07, 6.45) is 1.88. The van der Waals surface area contributed by atoms with Crippen LogP contribution in [0.2, 0.25) is 0 Å². The average molecular weight is 501 g/mol. The van der Waals surface area contributed by atoms with Gasteiger partial charge in [0, 0.05) is 43.1 Å². The standard InChI is InChI=1S/C27H33FN2O4S/c1-19-15-30(20(2)18-31)35(32,33)27-12-11-22(10-9-21-7-8-21)14-25(27)34-26(19)17-29(3)16-23-5-4-6-24(28)13-23/h4-6,11-14,19-21,26,31H,7-8,15-18H2,1-3H3/t19-,20+,26-/m0/s1. The molecule has 1 aliphatic heterocycles. The highest BCUT2D eigenvalue weighted by Crippen LogP contribution is 2.34. The van der Waals surface area contributed by atoms with Gasteiger partial charge in [-0.1, -0.05) is 30.9 Å². The van der Waals surface area contributed by atoms with E-state index in [9.17, 15) is 17.9 Å². The Balaban J connectivity index is 1.66. The number of hydrogen-bond donors (Lipinski definition) is 1. The number of halogens is 1. The van der Waals surface area contributed by atoms with E-state index in [-0.39, 0.29) is 41.6 Å². The molecule has 0 amide bonds. The molecule has 3 atom stereocenters. The first-order valence-electron chi connectivity index (χ1n) is 12.1. The molecule has 6 nitrogen and oxygen atoms in total. The highest BCUT2D eigenvalue weighted by molar-refractivity contribution is 7.89. The molecule has 0 aromatic heterocycles. The minimum absolute atomic E-state index is 0.0828. The summed E-state index contributed by atoms with van der Waals surface area (Å²) in [6.45, 7) is 4.63. The van der Waals surface area contributed by atoms with Gasteiger partial charge in [0.25, 0.3) is 0 Å². The Labute approximate surface area is 207 Å². The Morgan fingerprint density at radius 3 is 2.71 bits per heavy atom. The van der Waals surface area contributed by atoms with Crippen molar-refractivity contribution >= 4 is 10.0 Å². The number of sulfonamides is 1. The van der Waals surface area contributed by atoms with Gasteiger partial charge in [0.1, 0.15) is 22.6 Å². The fourth-order valence-corrected chi connectivity index (χ4v) is 6.08. The van der Waals surface area contributed by atoms with Crippen molar-refractivity contribution in [2.45, 2.75) is 50.3 Å². The minimum atomic E-state index is -3.88. The SMILES string of the molecule is C[C@H](CO)N1C[C@H](C)[C@H](CN(C)Cc2cccc(F)c2)Oc2cc(C#CC3CC3)ccc2S1(=O)=O. The maximum atomic E-state index is 13.6. The van der Waals surface area contributed by atoms with Crippen LogP contribution >= 0.6 is 0 Å². The lowest BCUT2D eigenvalue weighted by Crippen LogP contribution is -2.49. The zero-order valence-corrected chi connectivity index (χ0v) is 21.3. The Morgan fingerprint density at radius 2 is 2.03 bits per heavy atom. The molecule has 1 heterocycles. The summed E-state index contributed by atoms with van der Waals surface area (Å²) in [6, 6.07) is 10.9. The van der Waals surface area contributed by atoms with Gasteiger partial charge in [0.2, 0.25) is 10.0 Å². The lowest BCUT2D eigenvalue weighted by Gasteiger charge is -2.37. The van der Waals surface area contributed by atoms with Crippen LogP contribution in [0, 0.1) is 29.5 Å². The van der Waals surface area contributed by atoms with Crippen molar-refractivity contribution in [3.63, 3.8) is 0 Å². The van der Waals surface area contributed by atoms with Crippen LogP contribution in [0.15, 0.2) is 47.4 Å². The first-order valence-corrected chi connectivity index (χ1v) is 13.5. The first kappa shape index (κ1) is 25.6. The van der Waals surface area contributed by atoms with Crippen molar-refractivity contribution in [2.24, 2.45) is 11.8 Å². The van der Waals surface area contributed by atoms with Gasteiger partial charge in [-0.15, -0.1) is 0 Å². The van der Waals surface area contributed by atoms with E-state index in [0.717, 1.165) is 18.4 Å². The van der Waals surface area contributed by atoms with E-state index in [1.165, 1.54) is 16.4 Å². The van der Waals surface area contributed by atoms with Gasteiger partial charge >= 0.3 is 0 Å². The normalized spacial score (nSPS) is 22.8. The molecule has 35 heavy (non-hydrogen) atoms. The fraction of sp³-hybridized carbons (Fsp3) is 0.481. The fourth-order valence-electron chi connectivity index (χ4n) is 4.25. The number of aliphatic hydroxyl groups is 1. The quantitative estimate of drug-likeness (QED) is 0.615. The van der Waals surface area contributed by atoms with Crippen LogP contribution in [-0.4, -0.2) is 61.6 Å². The Hall–Kier alpha value is -2.44. The number of rotatable bonds is 6. The van der Waals surface area contributed by atoms with Crippen molar-refractivity contribution in [2.75, 3.05) is 26.7 Å². The second kappa shape index (κ2) is 10.7. The number of nitrogens with zero attached hydrogens (tertiary/aromatic N) is 2. The van der Waals surface area contributed by atoms with E-state index in [2.05, 4.69) is 11.8 Å². The topological polar surface area (TPSA) is 70.1 Å². The zero-order chi connectivity index (χ0) is 25.2.